The summed E-state index contributed by atoms with van der Waals surface area (Å²) in [6.07, 6.45) is 6.74. The van der Waals surface area contributed by atoms with Crippen LogP contribution in [0.4, 0.5) is 0 Å². The standard InChI is InChI=1S/C19H27BrN6/c1-3-26-14-24-25-17(26)12-22-18(21-2)23-13-19(10-4-5-11-19)15-6-8-16(20)9-7-15/h6-9,14H,3-5,10-13H2,1-2H3,(H2,21,22,23). The van der Waals surface area contributed by atoms with Crippen molar-refractivity contribution < 1.29 is 0 Å². The van der Waals surface area contributed by atoms with Gasteiger partial charge in [0.05, 0.1) is 6.54 Å². The highest BCUT2D eigenvalue weighted by atomic mass is 79.9. The molecule has 1 aliphatic rings. The fourth-order valence-corrected chi connectivity index (χ4v) is 4.00. The lowest BCUT2D eigenvalue weighted by Gasteiger charge is -2.31. The maximum absolute atomic E-state index is 4.37. The molecule has 2 aromatic rings. The quantitative estimate of drug-likeness (QED) is 0.557. The number of benzene rings is 1. The maximum Gasteiger partial charge on any atom is 0.191 e. The van der Waals surface area contributed by atoms with Crippen LogP contribution in [0, 0.1) is 0 Å². The Balaban J connectivity index is 1.63. The molecular formula is C19H27BrN6. The normalized spacial score (nSPS) is 16.7. The Hall–Kier alpha value is -1.89. The third kappa shape index (κ3) is 4.26. The van der Waals surface area contributed by atoms with Gasteiger partial charge in [-0.05, 0) is 37.5 Å². The third-order valence-corrected chi connectivity index (χ3v) is 5.81. The lowest BCUT2D eigenvalue weighted by molar-refractivity contribution is 0.431. The molecule has 1 aromatic carbocycles. The van der Waals surface area contributed by atoms with Crippen LogP contribution in [-0.4, -0.2) is 34.3 Å². The lowest BCUT2D eigenvalue weighted by atomic mass is 9.79. The Morgan fingerprint density at radius 1 is 1.23 bits per heavy atom. The Morgan fingerprint density at radius 3 is 2.62 bits per heavy atom. The van der Waals surface area contributed by atoms with Gasteiger partial charge in [-0.15, -0.1) is 10.2 Å². The molecule has 0 bridgehead atoms. The highest BCUT2D eigenvalue weighted by Crippen LogP contribution is 2.40. The summed E-state index contributed by atoms with van der Waals surface area (Å²) in [6.45, 7) is 4.44. The topological polar surface area (TPSA) is 67.1 Å². The van der Waals surface area contributed by atoms with E-state index in [1.165, 1.54) is 31.2 Å². The first-order valence-electron chi connectivity index (χ1n) is 9.24. The minimum atomic E-state index is 0.182. The van der Waals surface area contributed by atoms with Crippen LogP contribution in [0.15, 0.2) is 40.1 Å². The zero-order valence-corrected chi connectivity index (χ0v) is 17.1. The van der Waals surface area contributed by atoms with E-state index in [-0.39, 0.29) is 5.41 Å². The van der Waals surface area contributed by atoms with Crippen molar-refractivity contribution in [3.63, 3.8) is 0 Å². The van der Waals surface area contributed by atoms with Gasteiger partial charge in [-0.2, -0.15) is 0 Å². The molecule has 0 amide bonds. The van der Waals surface area contributed by atoms with Gasteiger partial charge >= 0.3 is 0 Å². The molecule has 1 aromatic heterocycles. The third-order valence-electron chi connectivity index (χ3n) is 5.29. The largest absolute Gasteiger partial charge is 0.356 e. The van der Waals surface area contributed by atoms with Crippen LogP contribution in [-0.2, 0) is 18.5 Å². The van der Waals surface area contributed by atoms with Crippen molar-refractivity contribution in [3.8, 4) is 0 Å². The van der Waals surface area contributed by atoms with Crippen LogP contribution in [0.2, 0.25) is 0 Å². The fraction of sp³-hybridized carbons (Fsp3) is 0.526. The molecule has 0 spiro atoms. The molecule has 1 heterocycles. The molecule has 0 unspecified atom stereocenters. The van der Waals surface area contributed by atoms with E-state index in [9.17, 15) is 0 Å². The van der Waals surface area contributed by atoms with Crippen molar-refractivity contribution in [2.24, 2.45) is 4.99 Å². The van der Waals surface area contributed by atoms with Gasteiger partial charge in [0.25, 0.3) is 0 Å². The number of hydrogen-bond acceptors (Lipinski definition) is 3. The van der Waals surface area contributed by atoms with Crippen molar-refractivity contribution >= 4 is 21.9 Å². The Morgan fingerprint density at radius 2 is 1.96 bits per heavy atom. The number of guanidine groups is 1. The summed E-state index contributed by atoms with van der Waals surface area (Å²) in [5, 5.41) is 15.0. The number of hydrogen-bond donors (Lipinski definition) is 2. The van der Waals surface area contributed by atoms with Gasteiger partial charge in [-0.25, -0.2) is 0 Å². The average Bonchev–Trinajstić information content (AvgIpc) is 3.32. The van der Waals surface area contributed by atoms with Crippen LogP contribution in [0.3, 0.4) is 0 Å². The molecule has 1 saturated carbocycles. The van der Waals surface area contributed by atoms with Gasteiger partial charge in [-0.1, -0.05) is 40.9 Å². The molecule has 0 atom stereocenters. The SMILES string of the molecule is CCn1cnnc1CNC(=NC)NCC1(c2ccc(Br)cc2)CCCC1. The smallest absolute Gasteiger partial charge is 0.191 e. The second-order valence-electron chi connectivity index (χ2n) is 6.81. The number of nitrogens with one attached hydrogen (secondary N) is 2. The maximum atomic E-state index is 4.37. The van der Waals surface area contributed by atoms with Crippen LogP contribution in [0.1, 0.15) is 44.0 Å². The van der Waals surface area contributed by atoms with E-state index in [0.29, 0.717) is 6.54 Å². The monoisotopic (exact) mass is 418 g/mol. The Bertz CT molecular complexity index is 731. The van der Waals surface area contributed by atoms with Crippen molar-refractivity contribution in [2.75, 3.05) is 13.6 Å². The summed E-state index contributed by atoms with van der Waals surface area (Å²) in [4.78, 5) is 4.37. The molecule has 1 fully saturated rings. The van der Waals surface area contributed by atoms with Gasteiger partial charge in [0.2, 0.25) is 0 Å². The number of aliphatic imine (C=N–C) groups is 1. The summed E-state index contributed by atoms with van der Waals surface area (Å²) in [5.41, 5.74) is 1.59. The van der Waals surface area contributed by atoms with E-state index in [0.717, 1.165) is 29.3 Å². The Labute approximate surface area is 163 Å². The Kier molecular flexibility index (Phi) is 6.29. The highest BCUT2D eigenvalue weighted by Gasteiger charge is 2.35. The van der Waals surface area contributed by atoms with E-state index >= 15 is 0 Å². The van der Waals surface area contributed by atoms with E-state index in [2.05, 4.69) is 72.9 Å². The second-order valence-corrected chi connectivity index (χ2v) is 7.72. The van der Waals surface area contributed by atoms with Crippen molar-refractivity contribution in [3.05, 3.63) is 46.5 Å². The number of rotatable bonds is 6. The minimum Gasteiger partial charge on any atom is -0.356 e. The molecule has 0 radical (unpaired) electrons. The summed E-state index contributed by atoms with van der Waals surface area (Å²) in [5.74, 6) is 1.72. The zero-order valence-electron chi connectivity index (χ0n) is 15.5. The second kappa shape index (κ2) is 8.66. The van der Waals surface area contributed by atoms with Crippen molar-refractivity contribution in [2.45, 2.75) is 51.1 Å². The first-order chi connectivity index (χ1) is 12.7. The minimum absolute atomic E-state index is 0.182. The van der Waals surface area contributed by atoms with E-state index < -0.39 is 0 Å². The van der Waals surface area contributed by atoms with Gasteiger partial charge in [-0.3, -0.25) is 4.99 Å². The van der Waals surface area contributed by atoms with Gasteiger partial charge in [0.1, 0.15) is 6.33 Å². The summed E-state index contributed by atoms with van der Waals surface area (Å²) >= 11 is 3.54. The number of halogens is 1. The molecule has 3 rings (SSSR count). The molecule has 1 aliphatic carbocycles. The average molecular weight is 419 g/mol. The number of nitrogens with zero attached hydrogens (tertiary/aromatic N) is 4. The molecule has 140 valence electrons. The molecule has 0 saturated heterocycles. The van der Waals surface area contributed by atoms with Crippen molar-refractivity contribution in [1.82, 2.24) is 25.4 Å². The lowest BCUT2D eigenvalue weighted by Crippen LogP contribution is -2.44. The summed E-state index contributed by atoms with van der Waals surface area (Å²) in [6, 6.07) is 8.77. The van der Waals surface area contributed by atoms with Crippen LogP contribution >= 0.6 is 15.9 Å². The summed E-state index contributed by atoms with van der Waals surface area (Å²) in [7, 11) is 1.81. The molecule has 6 nitrogen and oxygen atoms in total. The fourth-order valence-electron chi connectivity index (χ4n) is 3.74. The first-order valence-corrected chi connectivity index (χ1v) is 10.0. The van der Waals surface area contributed by atoms with Gasteiger partial charge in [0.15, 0.2) is 11.8 Å². The number of aryl methyl sites for hydroxylation is 1. The predicted octanol–water partition coefficient (Wildman–Crippen LogP) is 3.24. The molecule has 0 aliphatic heterocycles. The first kappa shape index (κ1) is 18.9. The number of aromatic nitrogens is 3. The molecule has 26 heavy (non-hydrogen) atoms. The highest BCUT2D eigenvalue weighted by molar-refractivity contribution is 9.10. The summed E-state index contributed by atoms with van der Waals surface area (Å²) < 4.78 is 3.15. The van der Waals surface area contributed by atoms with E-state index in [1.807, 2.05) is 4.57 Å². The van der Waals surface area contributed by atoms with Crippen LogP contribution in [0.25, 0.3) is 0 Å². The van der Waals surface area contributed by atoms with Crippen LogP contribution < -0.4 is 10.6 Å². The predicted molar refractivity (Wildman–Crippen MR) is 108 cm³/mol. The molecule has 7 heteroatoms. The molecule has 2 N–H and O–H groups in total. The van der Waals surface area contributed by atoms with Crippen LogP contribution in [0.5, 0.6) is 0 Å². The zero-order chi connectivity index (χ0) is 18.4. The van der Waals surface area contributed by atoms with Gasteiger partial charge in [0, 0.05) is 30.0 Å². The van der Waals surface area contributed by atoms with Crippen molar-refractivity contribution in [1.29, 1.82) is 0 Å². The molecular weight excluding hydrogens is 392 g/mol. The van der Waals surface area contributed by atoms with E-state index in [4.69, 9.17) is 0 Å². The van der Waals surface area contributed by atoms with E-state index in [1.54, 1.807) is 13.4 Å². The van der Waals surface area contributed by atoms with Gasteiger partial charge < -0.3 is 15.2 Å².